The third-order valence-electron chi connectivity index (χ3n) is 3.08. The summed E-state index contributed by atoms with van der Waals surface area (Å²) in [7, 11) is 0. The molecule has 1 fully saturated rings. The second-order valence-electron chi connectivity index (χ2n) is 4.23. The predicted octanol–water partition coefficient (Wildman–Crippen LogP) is 2.19. The Balaban J connectivity index is 2.13. The van der Waals surface area contributed by atoms with Gasteiger partial charge < -0.3 is 5.11 Å². The van der Waals surface area contributed by atoms with Crippen LogP contribution in [0.5, 0.6) is 0 Å². The topological polar surface area (TPSA) is 55.1 Å². The number of halogens is 2. The molecule has 0 radical (unpaired) electrons. The Bertz CT molecular complexity index is 409. The van der Waals surface area contributed by atoms with Crippen molar-refractivity contribution in [1.82, 2.24) is 9.78 Å². The monoisotopic (exact) mass is 230 g/mol. The van der Waals surface area contributed by atoms with E-state index in [0.717, 1.165) is 0 Å². The van der Waals surface area contributed by atoms with Gasteiger partial charge in [-0.05, 0) is 18.9 Å². The first-order valence-corrected chi connectivity index (χ1v) is 5.05. The van der Waals surface area contributed by atoms with Crippen molar-refractivity contribution in [2.24, 2.45) is 5.92 Å². The van der Waals surface area contributed by atoms with Gasteiger partial charge in [0.05, 0.1) is 6.04 Å². The van der Waals surface area contributed by atoms with E-state index in [-0.39, 0.29) is 30.5 Å². The fourth-order valence-electron chi connectivity index (χ4n) is 2.06. The molecule has 16 heavy (non-hydrogen) atoms. The minimum atomic E-state index is -2.59. The van der Waals surface area contributed by atoms with E-state index in [1.54, 1.807) is 6.92 Å². The molecule has 1 aliphatic rings. The maximum Gasteiger partial charge on any atom is 0.354 e. The van der Waals surface area contributed by atoms with E-state index in [1.165, 1.54) is 16.9 Å². The third-order valence-corrected chi connectivity index (χ3v) is 3.08. The lowest BCUT2D eigenvalue weighted by atomic mass is 9.77. The highest BCUT2D eigenvalue weighted by Gasteiger charge is 2.48. The largest absolute Gasteiger partial charge is 0.477 e. The van der Waals surface area contributed by atoms with Gasteiger partial charge in [-0.1, -0.05) is 0 Å². The number of alkyl halides is 2. The first-order chi connectivity index (χ1) is 7.41. The minimum absolute atomic E-state index is 0.0442. The van der Waals surface area contributed by atoms with Crippen molar-refractivity contribution in [3.8, 4) is 0 Å². The van der Waals surface area contributed by atoms with Crippen molar-refractivity contribution < 1.29 is 18.7 Å². The van der Waals surface area contributed by atoms with Crippen LogP contribution in [-0.2, 0) is 0 Å². The van der Waals surface area contributed by atoms with E-state index >= 15 is 0 Å². The number of carboxylic acid groups (broad SMARTS) is 1. The summed E-state index contributed by atoms with van der Waals surface area (Å²) < 4.78 is 26.7. The second kappa shape index (κ2) is 3.54. The Morgan fingerprint density at radius 3 is 2.81 bits per heavy atom. The minimum Gasteiger partial charge on any atom is -0.477 e. The summed E-state index contributed by atoms with van der Waals surface area (Å²) >= 11 is 0. The van der Waals surface area contributed by atoms with Gasteiger partial charge in [0.25, 0.3) is 0 Å². The standard InChI is InChI=1S/C10H12F2N2O2/c1-6(7-4-10(11,12)5-7)14-8(9(15)16)2-3-13-14/h2-3,6-7H,4-5H2,1H3,(H,15,16). The average molecular weight is 230 g/mol. The number of carbonyl (C=O) groups is 1. The van der Waals surface area contributed by atoms with Crippen LogP contribution in [-0.4, -0.2) is 26.8 Å². The second-order valence-corrected chi connectivity index (χ2v) is 4.23. The smallest absolute Gasteiger partial charge is 0.354 e. The van der Waals surface area contributed by atoms with E-state index in [9.17, 15) is 13.6 Å². The molecule has 1 unspecified atom stereocenters. The summed E-state index contributed by atoms with van der Waals surface area (Å²) in [5.74, 6) is -3.88. The Kier molecular flexibility index (Phi) is 2.44. The van der Waals surface area contributed by atoms with Crippen LogP contribution in [0, 0.1) is 5.92 Å². The summed E-state index contributed by atoms with van der Waals surface area (Å²) in [6, 6.07) is 1.07. The zero-order valence-electron chi connectivity index (χ0n) is 8.73. The lowest BCUT2D eigenvalue weighted by Gasteiger charge is -2.38. The van der Waals surface area contributed by atoms with Crippen LogP contribution >= 0.6 is 0 Å². The van der Waals surface area contributed by atoms with Crippen LogP contribution in [0.1, 0.15) is 36.3 Å². The van der Waals surface area contributed by atoms with Gasteiger partial charge in [-0.15, -0.1) is 0 Å². The molecule has 0 bridgehead atoms. The van der Waals surface area contributed by atoms with E-state index in [0.29, 0.717) is 0 Å². The number of hydrogen-bond acceptors (Lipinski definition) is 2. The van der Waals surface area contributed by atoms with Gasteiger partial charge in [0.1, 0.15) is 5.69 Å². The van der Waals surface area contributed by atoms with Crippen molar-refractivity contribution in [1.29, 1.82) is 0 Å². The average Bonchev–Trinajstić information content (AvgIpc) is 2.60. The van der Waals surface area contributed by atoms with Gasteiger partial charge in [0.2, 0.25) is 5.92 Å². The summed E-state index contributed by atoms with van der Waals surface area (Å²) in [5, 5.41) is 12.7. The molecule has 1 aromatic rings. The number of carboxylic acids is 1. The highest BCUT2D eigenvalue weighted by molar-refractivity contribution is 5.85. The maximum atomic E-state index is 12.7. The van der Waals surface area contributed by atoms with E-state index in [2.05, 4.69) is 5.10 Å². The normalized spacial score (nSPS) is 21.4. The molecule has 4 nitrogen and oxygen atoms in total. The Morgan fingerprint density at radius 2 is 2.31 bits per heavy atom. The molecule has 2 rings (SSSR count). The molecular formula is C10H12F2N2O2. The van der Waals surface area contributed by atoms with Gasteiger partial charge in [-0.2, -0.15) is 5.10 Å². The fraction of sp³-hybridized carbons (Fsp3) is 0.600. The fourth-order valence-corrected chi connectivity index (χ4v) is 2.06. The first-order valence-electron chi connectivity index (χ1n) is 5.05. The predicted molar refractivity (Wildman–Crippen MR) is 51.6 cm³/mol. The summed E-state index contributed by atoms with van der Waals surface area (Å²) in [4.78, 5) is 10.8. The van der Waals surface area contributed by atoms with E-state index < -0.39 is 11.9 Å². The molecule has 0 amide bonds. The van der Waals surface area contributed by atoms with Gasteiger partial charge >= 0.3 is 5.97 Å². The SMILES string of the molecule is CC(C1CC(F)(F)C1)n1nccc1C(=O)O. The lowest BCUT2D eigenvalue weighted by Crippen LogP contribution is -2.40. The molecule has 6 heteroatoms. The number of rotatable bonds is 3. The molecule has 1 aliphatic carbocycles. The van der Waals surface area contributed by atoms with Crippen LogP contribution < -0.4 is 0 Å². The molecule has 0 aliphatic heterocycles. The summed E-state index contributed by atoms with van der Waals surface area (Å²) in [5.41, 5.74) is 0.0442. The molecule has 88 valence electrons. The van der Waals surface area contributed by atoms with Gasteiger partial charge in [-0.25, -0.2) is 13.6 Å². The molecule has 1 aromatic heterocycles. The summed E-state index contributed by atoms with van der Waals surface area (Å²) in [6.45, 7) is 1.72. The Hall–Kier alpha value is -1.46. The van der Waals surface area contributed by atoms with Gasteiger partial charge in [0, 0.05) is 19.0 Å². The highest BCUT2D eigenvalue weighted by atomic mass is 19.3. The van der Waals surface area contributed by atoms with E-state index in [1.807, 2.05) is 0 Å². The van der Waals surface area contributed by atoms with Crippen molar-refractivity contribution >= 4 is 5.97 Å². The molecular weight excluding hydrogens is 218 g/mol. The molecule has 0 spiro atoms. The van der Waals surface area contributed by atoms with Gasteiger partial charge in [0.15, 0.2) is 0 Å². The quantitative estimate of drug-likeness (QED) is 0.865. The number of aromatic carboxylic acids is 1. The molecule has 1 heterocycles. The first kappa shape index (κ1) is 11.0. The number of nitrogens with zero attached hydrogens (tertiary/aromatic N) is 2. The third kappa shape index (κ3) is 1.79. The highest BCUT2D eigenvalue weighted by Crippen LogP contribution is 2.47. The van der Waals surface area contributed by atoms with Gasteiger partial charge in [-0.3, -0.25) is 4.68 Å². The van der Waals surface area contributed by atoms with Crippen LogP contribution in [0.15, 0.2) is 12.3 Å². The van der Waals surface area contributed by atoms with Crippen LogP contribution in [0.25, 0.3) is 0 Å². The zero-order chi connectivity index (χ0) is 11.9. The number of aromatic nitrogens is 2. The van der Waals surface area contributed by atoms with Crippen molar-refractivity contribution in [3.63, 3.8) is 0 Å². The zero-order valence-corrected chi connectivity index (χ0v) is 8.73. The van der Waals surface area contributed by atoms with Crippen molar-refractivity contribution in [3.05, 3.63) is 18.0 Å². The summed E-state index contributed by atoms with van der Waals surface area (Å²) in [6.07, 6.45) is 0.997. The van der Waals surface area contributed by atoms with Crippen LogP contribution in [0.2, 0.25) is 0 Å². The van der Waals surface area contributed by atoms with Crippen LogP contribution in [0.4, 0.5) is 8.78 Å². The number of hydrogen-bond donors (Lipinski definition) is 1. The van der Waals surface area contributed by atoms with Crippen LogP contribution in [0.3, 0.4) is 0 Å². The maximum absolute atomic E-state index is 12.7. The van der Waals surface area contributed by atoms with Crippen molar-refractivity contribution in [2.45, 2.75) is 31.7 Å². The Morgan fingerprint density at radius 1 is 1.69 bits per heavy atom. The molecule has 0 aromatic carbocycles. The van der Waals surface area contributed by atoms with Crippen molar-refractivity contribution in [2.75, 3.05) is 0 Å². The lowest BCUT2D eigenvalue weighted by molar-refractivity contribution is -0.122. The van der Waals surface area contributed by atoms with E-state index in [4.69, 9.17) is 5.11 Å². The molecule has 1 N–H and O–H groups in total. The molecule has 1 atom stereocenters. The molecule has 1 saturated carbocycles. The molecule has 0 saturated heterocycles. The Labute approximate surface area is 90.9 Å².